The predicted octanol–water partition coefficient (Wildman–Crippen LogP) is 3.29. The van der Waals surface area contributed by atoms with Crippen LogP contribution in [0, 0.1) is 22.7 Å². The van der Waals surface area contributed by atoms with Crippen molar-refractivity contribution in [3.8, 4) is 12.1 Å². The third kappa shape index (κ3) is 6.29. The monoisotopic (exact) mass is 372 g/mol. The maximum Gasteiger partial charge on any atom is 0.349 e. The molecule has 0 atom stereocenters. The molecule has 0 bridgehead atoms. The maximum atomic E-state index is 11.9. The van der Waals surface area contributed by atoms with Crippen molar-refractivity contribution in [3.63, 3.8) is 0 Å². The summed E-state index contributed by atoms with van der Waals surface area (Å²) in [6.07, 6.45) is 2.81. The van der Waals surface area contributed by atoms with Gasteiger partial charge >= 0.3 is 11.9 Å². The Bertz CT molecular complexity index is 884. The summed E-state index contributed by atoms with van der Waals surface area (Å²) < 4.78 is 9.88. The van der Waals surface area contributed by atoms with Gasteiger partial charge in [0, 0.05) is 0 Å². The van der Waals surface area contributed by atoms with E-state index in [1.165, 1.54) is 12.2 Å². The highest BCUT2D eigenvalue weighted by molar-refractivity contribution is 5.98. The molecular weight excluding hydrogens is 356 g/mol. The SMILES string of the molecule is N#C/C(=C/c1ccccc1)C(=O)OCCOC(=O)/C(C#N)=C\c1ccccc1. The van der Waals surface area contributed by atoms with Gasteiger partial charge < -0.3 is 9.47 Å². The average molecular weight is 372 g/mol. The molecule has 6 nitrogen and oxygen atoms in total. The number of esters is 2. The Hall–Kier alpha value is -4.16. The topological polar surface area (TPSA) is 100 Å². The number of rotatable bonds is 7. The molecule has 6 heteroatoms. The van der Waals surface area contributed by atoms with Crippen LogP contribution < -0.4 is 0 Å². The molecule has 2 aromatic rings. The van der Waals surface area contributed by atoms with E-state index < -0.39 is 11.9 Å². The van der Waals surface area contributed by atoms with E-state index in [0.717, 1.165) is 0 Å². The standard InChI is InChI=1S/C22H16N2O4/c23-15-19(13-17-7-3-1-4-8-17)21(25)27-11-12-28-22(26)20(16-24)14-18-9-5-2-6-10-18/h1-10,13-14H,11-12H2/b19-13-,20-14-. The van der Waals surface area contributed by atoms with Gasteiger partial charge in [-0.2, -0.15) is 10.5 Å². The van der Waals surface area contributed by atoms with Crippen molar-refractivity contribution in [1.29, 1.82) is 10.5 Å². The van der Waals surface area contributed by atoms with Gasteiger partial charge in [-0.05, 0) is 23.3 Å². The van der Waals surface area contributed by atoms with Gasteiger partial charge in [-0.15, -0.1) is 0 Å². The van der Waals surface area contributed by atoms with Gasteiger partial charge in [0.1, 0.15) is 36.5 Å². The Morgan fingerprint density at radius 2 is 1.07 bits per heavy atom. The van der Waals surface area contributed by atoms with E-state index >= 15 is 0 Å². The lowest BCUT2D eigenvalue weighted by Crippen LogP contribution is -2.15. The van der Waals surface area contributed by atoms with Gasteiger partial charge in [0.25, 0.3) is 0 Å². The van der Waals surface area contributed by atoms with Crippen LogP contribution in [0.1, 0.15) is 11.1 Å². The van der Waals surface area contributed by atoms with Gasteiger partial charge in [0.15, 0.2) is 0 Å². The average Bonchev–Trinajstić information content (AvgIpc) is 2.74. The van der Waals surface area contributed by atoms with Crippen LogP contribution >= 0.6 is 0 Å². The number of nitrogens with zero attached hydrogens (tertiary/aromatic N) is 2. The summed E-state index contributed by atoms with van der Waals surface area (Å²) in [5.41, 5.74) is 1.04. The van der Waals surface area contributed by atoms with Crippen LogP contribution in [0.5, 0.6) is 0 Å². The van der Waals surface area contributed by atoms with Crippen molar-refractivity contribution in [1.82, 2.24) is 0 Å². The van der Waals surface area contributed by atoms with Gasteiger partial charge in [-0.25, -0.2) is 9.59 Å². The lowest BCUT2D eigenvalue weighted by molar-refractivity contribution is -0.146. The lowest BCUT2D eigenvalue weighted by atomic mass is 10.1. The zero-order chi connectivity index (χ0) is 20.2. The molecule has 0 aliphatic rings. The molecule has 2 rings (SSSR count). The number of benzene rings is 2. The molecule has 0 aliphatic heterocycles. The summed E-state index contributed by atoms with van der Waals surface area (Å²) in [5.74, 6) is -1.63. The fourth-order valence-electron chi connectivity index (χ4n) is 2.13. The van der Waals surface area contributed by atoms with Crippen molar-refractivity contribution < 1.29 is 19.1 Å². The van der Waals surface area contributed by atoms with E-state index in [9.17, 15) is 9.59 Å². The van der Waals surface area contributed by atoms with Crippen molar-refractivity contribution in [2.45, 2.75) is 0 Å². The molecule has 28 heavy (non-hydrogen) atoms. The highest BCUT2D eigenvalue weighted by Crippen LogP contribution is 2.09. The number of hydrogen-bond acceptors (Lipinski definition) is 6. The van der Waals surface area contributed by atoms with Crippen molar-refractivity contribution in [3.05, 3.63) is 82.9 Å². The number of hydrogen-bond donors (Lipinski definition) is 0. The molecule has 0 fully saturated rings. The highest BCUT2D eigenvalue weighted by Gasteiger charge is 2.13. The van der Waals surface area contributed by atoms with Gasteiger partial charge in [-0.1, -0.05) is 60.7 Å². The Balaban J connectivity index is 1.86. The number of carbonyl (C=O) groups is 2. The molecule has 0 aromatic heterocycles. The number of ether oxygens (including phenoxy) is 2. The van der Waals surface area contributed by atoms with Crippen LogP contribution in [0.4, 0.5) is 0 Å². The van der Waals surface area contributed by atoms with Crippen molar-refractivity contribution >= 4 is 24.1 Å². The van der Waals surface area contributed by atoms with Crippen molar-refractivity contribution in [2.24, 2.45) is 0 Å². The zero-order valence-corrected chi connectivity index (χ0v) is 14.9. The number of nitriles is 2. The maximum absolute atomic E-state index is 11.9. The van der Waals surface area contributed by atoms with E-state index in [1.807, 2.05) is 12.1 Å². The molecule has 0 N–H and O–H groups in total. The molecule has 138 valence electrons. The van der Waals surface area contributed by atoms with Crippen molar-refractivity contribution in [2.75, 3.05) is 13.2 Å². The second-order valence-electron chi connectivity index (χ2n) is 5.43. The largest absolute Gasteiger partial charge is 0.458 e. The summed E-state index contributed by atoms with van der Waals surface area (Å²) in [6, 6.07) is 21.3. The summed E-state index contributed by atoms with van der Waals surface area (Å²) >= 11 is 0. The third-order valence-electron chi connectivity index (χ3n) is 3.45. The van der Waals surface area contributed by atoms with Crippen LogP contribution in [0.2, 0.25) is 0 Å². The lowest BCUT2D eigenvalue weighted by Gasteiger charge is -2.05. The molecule has 0 amide bonds. The Morgan fingerprint density at radius 3 is 1.39 bits per heavy atom. The van der Waals surface area contributed by atoms with Crippen LogP contribution in [-0.4, -0.2) is 25.2 Å². The van der Waals surface area contributed by atoms with Gasteiger partial charge in [0.2, 0.25) is 0 Å². The first-order chi connectivity index (χ1) is 13.6. The second kappa shape index (κ2) is 10.7. The fourth-order valence-corrected chi connectivity index (χ4v) is 2.13. The van der Waals surface area contributed by atoms with Gasteiger partial charge in [-0.3, -0.25) is 0 Å². The molecule has 0 spiro atoms. The van der Waals surface area contributed by atoms with E-state index in [2.05, 4.69) is 0 Å². The normalized spacial score (nSPS) is 11.1. The van der Waals surface area contributed by atoms with Gasteiger partial charge in [0.05, 0.1) is 0 Å². The molecule has 2 aromatic carbocycles. The second-order valence-corrected chi connectivity index (χ2v) is 5.43. The molecule has 0 saturated heterocycles. The van der Waals surface area contributed by atoms with Crippen LogP contribution in [-0.2, 0) is 19.1 Å². The highest BCUT2D eigenvalue weighted by atomic mass is 16.6. The first-order valence-corrected chi connectivity index (χ1v) is 8.32. The fraction of sp³-hybridized carbons (Fsp3) is 0.0909. The molecular formula is C22H16N2O4. The van der Waals surface area contributed by atoms with E-state index in [-0.39, 0.29) is 24.4 Å². The summed E-state index contributed by atoms with van der Waals surface area (Å²) in [7, 11) is 0. The third-order valence-corrected chi connectivity index (χ3v) is 3.45. The van der Waals surface area contributed by atoms with E-state index in [4.69, 9.17) is 20.0 Å². The molecule has 0 saturated carbocycles. The molecule has 0 radical (unpaired) electrons. The minimum Gasteiger partial charge on any atom is -0.458 e. The molecule has 0 unspecified atom stereocenters. The Labute approximate surface area is 162 Å². The quantitative estimate of drug-likeness (QED) is 0.320. The predicted molar refractivity (Wildman–Crippen MR) is 102 cm³/mol. The minimum absolute atomic E-state index is 0.167. The van der Waals surface area contributed by atoms with Crippen LogP contribution in [0.25, 0.3) is 12.2 Å². The summed E-state index contributed by atoms with van der Waals surface area (Å²) in [6.45, 7) is -0.467. The van der Waals surface area contributed by atoms with Crippen LogP contribution in [0.3, 0.4) is 0 Å². The molecule has 0 heterocycles. The molecule has 0 aliphatic carbocycles. The summed E-state index contributed by atoms with van der Waals surface area (Å²) in [5, 5.41) is 18.2. The van der Waals surface area contributed by atoms with E-state index in [1.54, 1.807) is 60.7 Å². The minimum atomic E-state index is -0.817. The van der Waals surface area contributed by atoms with E-state index in [0.29, 0.717) is 11.1 Å². The first-order valence-electron chi connectivity index (χ1n) is 8.32. The summed E-state index contributed by atoms with van der Waals surface area (Å²) in [4.78, 5) is 23.9. The smallest absolute Gasteiger partial charge is 0.349 e. The Morgan fingerprint density at radius 1 is 0.714 bits per heavy atom. The Kier molecular flexibility index (Phi) is 7.74. The van der Waals surface area contributed by atoms with Crippen LogP contribution in [0.15, 0.2) is 71.8 Å². The first kappa shape index (κ1) is 20.2. The number of carbonyl (C=O) groups excluding carboxylic acids is 2. The zero-order valence-electron chi connectivity index (χ0n) is 14.9.